The van der Waals surface area contributed by atoms with E-state index in [1.807, 2.05) is 43.3 Å². The molecule has 2 rings (SSSR count). The molecule has 2 aromatic rings. The number of para-hydroxylation sites is 1. The standard InChI is InChI=1S/C16H18BrN3O/c1-2-20(12-9-13-7-10-18-11-8-13)16(21)19-15-6-4-3-5-14(15)17/h3-8,10-11H,2,9,12H2,1H3,(H,19,21). The molecule has 0 spiro atoms. The number of urea groups is 1. The van der Waals surface area contributed by atoms with E-state index >= 15 is 0 Å². The van der Waals surface area contributed by atoms with Crippen molar-refractivity contribution >= 4 is 27.6 Å². The van der Waals surface area contributed by atoms with Gasteiger partial charge in [0, 0.05) is 30.0 Å². The lowest BCUT2D eigenvalue weighted by Gasteiger charge is -2.21. The number of amides is 2. The highest BCUT2D eigenvalue weighted by atomic mass is 79.9. The Morgan fingerprint density at radius 1 is 1.24 bits per heavy atom. The van der Waals surface area contributed by atoms with Crippen molar-refractivity contribution in [1.82, 2.24) is 9.88 Å². The number of rotatable bonds is 5. The molecule has 0 aliphatic carbocycles. The van der Waals surface area contributed by atoms with Crippen molar-refractivity contribution in [2.24, 2.45) is 0 Å². The van der Waals surface area contributed by atoms with Gasteiger partial charge in [0.15, 0.2) is 0 Å². The fourth-order valence-electron chi connectivity index (χ4n) is 1.97. The average Bonchev–Trinajstić information content (AvgIpc) is 2.51. The first-order valence-electron chi connectivity index (χ1n) is 6.90. The molecule has 0 saturated carbocycles. The summed E-state index contributed by atoms with van der Waals surface area (Å²) in [6.45, 7) is 3.32. The number of nitrogens with one attached hydrogen (secondary N) is 1. The predicted molar refractivity (Wildman–Crippen MR) is 88.3 cm³/mol. The lowest BCUT2D eigenvalue weighted by molar-refractivity contribution is 0.215. The van der Waals surface area contributed by atoms with Gasteiger partial charge in [0.25, 0.3) is 0 Å². The molecular weight excluding hydrogens is 330 g/mol. The summed E-state index contributed by atoms with van der Waals surface area (Å²) in [6, 6.07) is 11.5. The van der Waals surface area contributed by atoms with E-state index in [-0.39, 0.29) is 6.03 Å². The SMILES string of the molecule is CCN(CCc1ccncc1)C(=O)Nc1ccccc1Br. The second kappa shape index (κ2) is 7.78. The number of aromatic nitrogens is 1. The zero-order valence-electron chi connectivity index (χ0n) is 11.9. The first kappa shape index (κ1) is 15.5. The van der Waals surface area contributed by atoms with Crippen molar-refractivity contribution in [1.29, 1.82) is 0 Å². The van der Waals surface area contributed by atoms with Gasteiger partial charge in [-0.1, -0.05) is 12.1 Å². The molecule has 0 atom stereocenters. The number of benzene rings is 1. The number of anilines is 1. The van der Waals surface area contributed by atoms with Gasteiger partial charge in [0.2, 0.25) is 0 Å². The van der Waals surface area contributed by atoms with E-state index in [0.29, 0.717) is 13.1 Å². The molecule has 0 radical (unpaired) electrons. The molecule has 1 heterocycles. The Morgan fingerprint density at radius 2 is 1.95 bits per heavy atom. The van der Waals surface area contributed by atoms with E-state index < -0.39 is 0 Å². The Morgan fingerprint density at radius 3 is 2.62 bits per heavy atom. The summed E-state index contributed by atoms with van der Waals surface area (Å²) < 4.78 is 0.878. The zero-order valence-corrected chi connectivity index (χ0v) is 13.5. The van der Waals surface area contributed by atoms with Crippen LogP contribution in [0.4, 0.5) is 10.5 Å². The number of nitrogens with zero attached hydrogens (tertiary/aromatic N) is 2. The van der Waals surface area contributed by atoms with Crippen LogP contribution in [-0.2, 0) is 6.42 Å². The molecule has 1 aromatic carbocycles. The molecule has 1 N–H and O–H groups in total. The molecule has 0 aliphatic rings. The maximum Gasteiger partial charge on any atom is 0.321 e. The summed E-state index contributed by atoms with van der Waals surface area (Å²) >= 11 is 3.43. The van der Waals surface area contributed by atoms with E-state index in [0.717, 1.165) is 16.6 Å². The van der Waals surface area contributed by atoms with Crippen molar-refractivity contribution in [3.63, 3.8) is 0 Å². The van der Waals surface area contributed by atoms with Gasteiger partial charge in [-0.2, -0.15) is 0 Å². The van der Waals surface area contributed by atoms with Crippen LogP contribution in [0.15, 0.2) is 53.3 Å². The maximum atomic E-state index is 12.3. The van der Waals surface area contributed by atoms with E-state index in [1.54, 1.807) is 17.3 Å². The second-order valence-corrected chi connectivity index (χ2v) is 5.45. The van der Waals surface area contributed by atoms with Gasteiger partial charge in [0.05, 0.1) is 5.69 Å². The number of hydrogen-bond acceptors (Lipinski definition) is 2. The van der Waals surface area contributed by atoms with Crippen LogP contribution in [0.1, 0.15) is 12.5 Å². The van der Waals surface area contributed by atoms with Gasteiger partial charge >= 0.3 is 6.03 Å². The summed E-state index contributed by atoms with van der Waals surface area (Å²) in [7, 11) is 0. The average molecular weight is 348 g/mol. The van der Waals surface area contributed by atoms with E-state index in [9.17, 15) is 4.79 Å². The Hall–Kier alpha value is -1.88. The number of likely N-dealkylation sites (N-methyl/N-ethyl adjacent to an activating group) is 1. The zero-order chi connectivity index (χ0) is 15.1. The number of carbonyl (C=O) groups excluding carboxylic acids is 1. The number of halogens is 1. The predicted octanol–water partition coefficient (Wildman–Crippen LogP) is 3.94. The lowest BCUT2D eigenvalue weighted by Crippen LogP contribution is -2.36. The van der Waals surface area contributed by atoms with Gasteiger partial charge in [-0.05, 0) is 59.1 Å². The fourth-order valence-corrected chi connectivity index (χ4v) is 2.36. The van der Waals surface area contributed by atoms with Crippen molar-refractivity contribution in [3.8, 4) is 0 Å². The normalized spacial score (nSPS) is 10.2. The molecule has 110 valence electrons. The summed E-state index contributed by atoms with van der Waals surface area (Å²) in [5.74, 6) is 0. The van der Waals surface area contributed by atoms with E-state index in [1.165, 1.54) is 5.56 Å². The van der Waals surface area contributed by atoms with E-state index in [4.69, 9.17) is 0 Å². The van der Waals surface area contributed by atoms with Crippen molar-refractivity contribution in [2.75, 3.05) is 18.4 Å². The largest absolute Gasteiger partial charge is 0.324 e. The maximum absolute atomic E-state index is 12.3. The van der Waals surface area contributed by atoms with Crippen LogP contribution in [0.3, 0.4) is 0 Å². The minimum Gasteiger partial charge on any atom is -0.324 e. The molecule has 0 saturated heterocycles. The van der Waals surface area contributed by atoms with Crippen LogP contribution in [0, 0.1) is 0 Å². The molecule has 21 heavy (non-hydrogen) atoms. The summed E-state index contributed by atoms with van der Waals surface area (Å²) in [6.07, 6.45) is 4.36. The molecule has 0 aliphatic heterocycles. The van der Waals surface area contributed by atoms with Crippen molar-refractivity contribution in [2.45, 2.75) is 13.3 Å². The first-order chi connectivity index (χ1) is 10.2. The van der Waals surface area contributed by atoms with Crippen molar-refractivity contribution < 1.29 is 4.79 Å². The van der Waals surface area contributed by atoms with Crippen LogP contribution in [-0.4, -0.2) is 29.0 Å². The van der Waals surface area contributed by atoms with Gasteiger partial charge in [-0.3, -0.25) is 4.98 Å². The van der Waals surface area contributed by atoms with Gasteiger partial charge < -0.3 is 10.2 Å². The van der Waals surface area contributed by atoms with Gasteiger partial charge in [0.1, 0.15) is 0 Å². The van der Waals surface area contributed by atoms with Gasteiger partial charge in [-0.25, -0.2) is 4.79 Å². The minimum atomic E-state index is -0.0848. The van der Waals surface area contributed by atoms with Crippen LogP contribution in [0.2, 0.25) is 0 Å². The second-order valence-electron chi connectivity index (χ2n) is 4.60. The molecule has 4 nitrogen and oxygen atoms in total. The summed E-state index contributed by atoms with van der Waals surface area (Å²) in [4.78, 5) is 18.1. The van der Waals surface area contributed by atoms with Crippen LogP contribution in [0.5, 0.6) is 0 Å². The Bertz CT molecular complexity index is 589. The molecule has 2 amide bonds. The molecule has 1 aromatic heterocycles. The Balaban J connectivity index is 1.94. The van der Waals surface area contributed by atoms with E-state index in [2.05, 4.69) is 26.2 Å². The monoisotopic (exact) mass is 347 g/mol. The van der Waals surface area contributed by atoms with Crippen molar-refractivity contribution in [3.05, 3.63) is 58.8 Å². The van der Waals surface area contributed by atoms with Crippen LogP contribution >= 0.6 is 15.9 Å². The van der Waals surface area contributed by atoms with Crippen LogP contribution < -0.4 is 5.32 Å². The smallest absolute Gasteiger partial charge is 0.321 e. The molecule has 0 fully saturated rings. The third-order valence-electron chi connectivity index (χ3n) is 3.20. The summed E-state index contributed by atoms with van der Waals surface area (Å²) in [5, 5.41) is 2.93. The van der Waals surface area contributed by atoms with Gasteiger partial charge in [-0.15, -0.1) is 0 Å². The molecular formula is C16H18BrN3O. The lowest BCUT2D eigenvalue weighted by atomic mass is 10.2. The molecule has 0 unspecified atom stereocenters. The Labute approximate surface area is 133 Å². The third-order valence-corrected chi connectivity index (χ3v) is 3.90. The third kappa shape index (κ3) is 4.56. The molecule has 0 bridgehead atoms. The first-order valence-corrected chi connectivity index (χ1v) is 7.69. The minimum absolute atomic E-state index is 0.0848. The highest BCUT2D eigenvalue weighted by Gasteiger charge is 2.12. The van der Waals surface area contributed by atoms with Crippen LogP contribution in [0.25, 0.3) is 0 Å². The number of hydrogen-bond donors (Lipinski definition) is 1. The number of pyridine rings is 1. The topological polar surface area (TPSA) is 45.2 Å². The highest BCUT2D eigenvalue weighted by Crippen LogP contribution is 2.21. The summed E-state index contributed by atoms with van der Waals surface area (Å²) in [5.41, 5.74) is 1.96. The Kier molecular flexibility index (Phi) is 5.75. The molecule has 5 heteroatoms. The number of carbonyl (C=O) groups is 1. The quantitative estimate of drug-likeness (QED) is 0.890. The fraction of sp³-hybridized carbons (Fsp3) is 0.250. The highest BCUT2D eigenvalue weighted by molar-refractivity contribution is 9.10.